The number of carbonyl (C=O) groups is 4. The smallest absolute Gasteiger partial charge is 0.306 e. The van der Waals surface area contributed by atoms with Crippen LogP contribution < -0.4 is 5.32 Å². The molecule has 0 aliphatic heterocycles. The van der Waals surface area contributed by atoms with Crippen molar-refractivity contribution in [2.24, 2.45) is 28.1 Å². The van der Waals surface area contributed by atoms with Gasteiger partial charge in [0, 0.05) is 44.3 Å². The summed E-state index contributed by atoms with van der Waals surface area (Å²) in [7, 11) is 1.84. The zero-order chi connectivity index (χ0) is 34.0. The van der Waals surface area contributed by atoms with Crippen molar-refractivity contribution >= 4 is 35.1 Å². The molecule has 2 aromatic rings. The van der Waals surface area contributed by atoms with Gasteiger partial charge >= 0.3 is 11.9 Å². The number of carbonyl (C=O) groups excluding carboxylic acids is 3. The number of carboxylic acid groups (broad SMARTS) is 1. The van der Waals surface area contributed by atoms with Gasteiger partial charge in [0.25, 0.3) is 5.91 Å². The van der Waals surface area contributed by atoms with Crippen LogP contribution in [0.5, 0.6) is 0 Å². The van der Waals surface area contributed by atoms with Crippen LogP contribution in [0, 0.1) is 28.1 Å². The first-order valence-electron chi connectivity index (χ1n) is 16.4. The fraction of sp³-hybridized carbons (Fsp3) is 0.639. The molecule has 5 rings (SSSR count). The minimum Gasteiger partial charge on any atom is -0.481 e. The summed E-state index contributed by atoms with van der Waals surface area (Å²) in [6.45, 7) is 14.0. The van der Waals surface area contributed by atoms with Gasteiger partial charge in [0.05, 0.1) is 5.92 Å². The Hall–Kier alpha value is -3.27. The number of rotatable bonds is 15. The maximum atomic E-state index is 13.6. The number of benzene rings is 1. The van der Waals surface area contributed by atoms with E-state index in [1.54, 1.807) is 12.3 Å². The first-order valence-corrected chi connectivity index (χ1v) is 17.3. The van der Waals surface area contributed by atoms with Crippen molar-refractivity contribution in [3.05, 3.63) is 52.0 Å². The highest BCUT2D eigenvalue weighted by Crippen LogP contribution is 2.80. The summed E-state index contributed by atoms with van der Waals surface area (Å²) in [4.78, 5) is 57.1. The average Bonchev–Trinajstić information content (AvgIpc) is 3.41. The second-order valence-corrected chi connectivity index (χ2v) is 16.2. The van der Waals surface area contributed by atoms with Crippen LogP contribution in [-0.4, -0.2) is 57.9 Å². The molecular weight excluding hydrogens is 602 g/mol. The molecule has 3 saturated carbocycles. The van der Waals surface area contributed by atoms with Crippen LogP contribution in [0.3, 0.4) is 0 Å². The van der Waals surface area contributed by atoms with Crippen molar-refractivity contribution in [3.63, 3.8) is 0 Å². The summed E-state index contributed by atoms with van der Waals surface area (Å²) in [6.07, 6.45) is 4.24. The number of amides is 2. The maximum Gasteiger partial charge on any atom is 0.306 e. The van der Waals surface area contributed by atoms with Gasteiger partial charge in [0.2, 0.25) is 5.91 Å². The number of thiazole rings is 1. The summed E-state index contributed by atoms with van der Waals surface area (Å²) >= 11 is 1.24. The molecule has 46 heavy (non-hydrogen) atoms. The summed E-state index contributed by atoms with van der Waals surface area (Å²) in [5.41, 5.74) is 1.91. The molecule has 0 radical (unpaired) electrons. The highest BCUT2D eigenvalue weighted by Gasteiger charge is 2.71. The molecular formula is C36H51N3O6S. The Bertz CT molecular complexity index is 1390. The lowest BCUT2D eigenvalue weighted by atomic mass is 9.29. The molecule has 2 N–H and O–H groups in total. The number of esters is 1. The molecule has 0 spiro atoms. The number of hydrogen-bond acceptors (Lipinski definition) is 7. The molecule has 3 aliphatic carbocycles. The van der Waals surface area contributed by atoms with E-state index < -0.39 is 35.9 Å². The molecule has 10 heteroatoms. The third-order valence-corrected chi connectivity index (χ3v) is 11.4. The lowest BCUT2D eigenvalue weighted by Gasteiger charge is -2.76. The van der Waals surface area contributed by atoms with Gasteiger partial charge in [-0.3, -0.25) is 19.2 Å². The number of nitrogens with zero attached hydrogens (tertiary/aromatic N) is 2. The number of aromatic nitrogens is 1. The van der Waals surface area contributed by atoms with Gasteiger partial charge in [-0.1, -0.05) is 71.9 Å². The first kappa shape index (κ1) is 35.6. The van der Waals surface area contributed by atoms with E-state index in [1.165, 1.54) is 18.3 Å². The quantitative estimate of drug-likeness (QED) is 0.206. The number of carboxylic acids is 1. The van der Waals surface area contributed by atoms with Crippen molar-refractivity contribution in [2.75, 3.05) is 7.05 Å². The number of hydrogen-bond donors (Lipinski definition) is 2. The SMILES string of the molecule is CC(=O)OC(CC(C(C)C)N(C)C(=O)CC12CC(C(C)(C)C)(C1)C2)c1nc(C(=O)N[C@@H](Cc2ccccc2)C[C@H](C)C(=O)O)cs1. The van der Waals surface area contributed by atoms with Crippen LogP contribution in [0.25, 0.3) is 0 Å². The van der Waals surface area contributed by atoms with Crippen LogP contribution in [0.4, 0.5) is 0 Å². The molecule has 3 aliphatic rings. The monoisotopic (exact) mass is 653 g/mol. The van der Waals surface area contributed by atoms with Gasteiger partial charge in [0.15, 0.2) is 6.10 Å². The Morgan fingerprint density at radius 1 is 1.07 bits per heavy atom. The number of ether oxygens (including phenoxy) is 1. The largest absolute Gasteiger partial charge is 0.481 e. The Labute approximate surface area is 277 Å². The highest BCUT2D eigenvalue weighted by molar-refractivity contribution is 7.09. The average molecular weight is 654 g/mol. The third kappa shape index (κ3) is 7.99. The number of aliphatic carboxylic acids is 1. The molecule has 4 atom stereocenters. The van der Waals surface area contributed by atoms with Crippen molar-refractivity contribution in [3.8, 4) is 0 Å². The highest BCUT2D eigenvalue weighted by atomic mass is 32.1. The van der Waals surface area contributed by atoms with Gasteiger partial charge < -0.3 is 20.1 Å². The van der Waals surface area contributed by atoms with E-state index in [4.69, 9.17) is 4.74 Å². The fourth-order valence-corrected chi connectivity index (χ4v) is 8.37. The zero-order valence-electron chi connectivity index (χ0n) is 28.6. The van der Waals surface area contributed by atoms with Gasteiger partial charge in [-0.25, -0.2) is 4.98 Å². The van der Waals surface area contributed by atoms with E-state index in [0.29, 0.717) is 29.7 Å². The molecule has 2 unspecified atom stereocenters. The second kappa shape index (κ2) is 13.8. The summed E-state index contributed by atoms with van der Waals surface area (Å²) in [5, 5.41) is 14.6. The van der Waals surface area contributed by atoms with E-state index in [-0.39, 0.29) is 40.8 Å². The normalized spacial score (nSPS) is 22.9. The van der Waals surface area contributed by atoms with E-state index in [9.17, 15) is 24.3 Å². The van der Waals surface area contributed by atoms with Gasteiger partial charge in [-0.05, 0) is 59.8 Å². The Morgan fingerprint density at radius 3 is 2.24 bits per heavy atom. The number of nitrogens with one attached hydrogen (secondary N) is 1. The molecule has 252 valence electrons. The minimum atomic E-state index is -0.923. The fourth-order valence-electron chi connectivity index (χ4n) is 7.53. The van der Waals surface area contributed by atoms with Crippen molar-refractivity contribution in [2.45, 2.75) is 112 Å². The molecule has 2 bridgehead atoms. The van der Waals surface area contributed by atoms with Gasteiger partial charge in [-0.2, -0.15) is 0 Å². The van der Waals surface area contributed by atoms with Gasteiger partial charge in [-0.15, -0.1) is 11.3 Å². The van der Waals surface area contributed by atoms with E-state index in [2.05, 4.69) is 44.9 Å². The predicted octanol–water partition coefficient (Wildman–Crippen LogP) is 6.68. The molecule has 2 amide bonds. The Balaban J connectivity index is 1.44. The van der Waals surface area contributed by atoms with Crippen molar-refractivity contribution in [1.82, 2.24) is 15.2 Å². The van der Waals surface area contributed by atoms with Crippen LogP contribution in [-0.2, 0) is 25.5 Å². The zero-order valence-corrected chi connectivity index (χ0v) is 29.4. The molecule has 1 aromatic carbocycles. The van der Waals surface area contributed by atoms with Crippen molar-refractivity contribution < 1.29 is 29.0 Å². The summed E-state index contributed by atoms with van der Waals surface area (Å²) in [5.74, 6) is -2.24. The molecule has 3 fully saturated rings. The first-order chi connectivity index (χ1) is 21.4. The van der Waals surface area contributed by atoms with E-state index in [0.717, 1.165) is 24.8 Å². The van der Waals surface area contributed by atoms with Crippen molar-refractivity contribution in [1.29, 1.82) is 0 Å². The van der Waals surface area contributed by atoms with Crippen LogP contribution in [0.1, 0.15) is 114 Å². The second-order valence-electron chi connectivity index (χ2n) is 15.3. The van der Waals surface area contributed by atoms with Crippen LogP contribution in [0.15, 0.2) is 35.7 Å². The molecule has 1 heterocycles. The Kier molecular flexibility index (Phi) is 10.7. The maximum absolute atomic E-state index is 13.6. The van der Waals surface area contributed by atoms with Crippen LogP contribution in [0.2, 0.25) is 0 Å². The molecule has 1 aromatic heterocycles. The summed E-state index contributed by atoms with van der Waals surface area (Å²) < 4.78 is 5.74. The Morgan fingerprint density at radius 2 is 1.70 bits per heavy atom. The molecule has 9 nitrogen and oxygen atoms in total. The predicted molar refractivity (Wildman–Crippen MR) is 178 cm³/mol. The minimum absolute atomic E-state index is 0.0960. The topological polar surface area (TPSA) is 126 Å². The lowest BCUT2D eigenvalue weighted by Crippen LogP contribution is -2.67. The third-order valence-electron chi connectivity index (χ3n) is 10.4. The van der Waals surface area contributed by atoms with Gasteiger partial charge in [0.1, 0.15) is 10.7 Å². The van der Waals surface area contributed by atoms with Crippen LogP contribution >= 0.6 is 11.3 Å². The lowest BCUT2D eigenvalue weighted by molar-refractivity contribution is -0.260. The molecule has 0 saturated heterocycles. The van der Waals surface area contributed by atoms with E-state index >= 15 is 0 Å². The standard InChI is InChI=1S/C36H51N3O6S/c1-22(2)28(39(8)30(41)17-35-19-36(20-35,21-35)34(5,6)7)16-29(45-24(4)40)32-38-27(18-46-32)31(42)37-26(14-23(3)33(43)44)15-25-12-10-9-11-13-25/h9-13,18,22-23,26,28-29H,14-17,19-21H2,1-8H3,(H,37,42)(H,43,44)/t23-,26+,28?,29?,35?,36?/m0/s1. The summed E-state index contributed by atoms with van der Waals surface area (Å²) in [6, 6.07) is 8.99. The van der Waals surface area contributed by atoms with E-state index in [1.807, 2.05) is 42.3 Å².